The summed E-state index contributed by atoms with van der Waals surface area (Å²) in [5, 5.41) is 2.72. The minimum Gasteiger partial charge on any atom is -0.495 e. The summed E-state index contributed by atoms with van der Waals surface area (Å²) in [5.41, 5.74) is 0.589. The lowest BCUT2D eigenvalue weighted by molar-refractivity contribution is -0.135. The van der Waals surface area contributed by atoms with Gasteiger partial charge in [-0.05, 0) is 31.4 Å². The van der Waals surface area contributed by atoms with Crippen LogP contribution in [0.3, 0.4) is 0 Å². The lowest BCUT2D eigenvalue weighted by Crippen LogP contribution is -2.37. The number of likely N-dealkylation sites (tertiary alicyclic amines) is 1. The van der Waals surface area contributed by atoms with Crippen LogP contribution in [0.5, 0.6) is 5.75 Å². The van der Waals surface area contributed by atoms with Gasteiger partial charge in [0.05, 0.1) is 12.8 Å². The molecule has 1 aromatic carbocycles. The molecule has 5 heteroatoms. The van der Waals surface area contributed by atoms with E-state index in [1.807, 2.05) is 12.1 Å². The number of ether oxygens (including phenoxy) is 1. The van der Waals surface area contributed by atoms with Crippen molar-refractivity contribution in [3.8, 4) is 5.75 Å². The zero-order valence-electron chi connectivity index (χ0n) is 11.7. The second kappa shape index (κ2) is 6.93. The zero-order chi connectivity index (χ0) is 14.4. The van der Waals surface area contributed by atoms with Crippen LogP contribution in [0.4, 0.5) is 5.69 Å². The number of piperidine rings is 1. The SMILES string of the molecule is COc1ccccc1NC(=O)CC(=O)N1CCCCC1. The molecule has 0 unspecified atom stereocenters. The Kier molecular flexibility index (Phi) is 4.98. The van der Waals surface area contributed by atoms with Gasteiger partial charge in [0.2, 0.25) is 11.8 Å². The molecular formula is C15H20N2O3. The summed E-state index contributed by atoms with van der Waals surface area (Å²) in [5.74, 6) is 0.188. The van der Waals surface area contributed by atoms with Crippen LogP contribution in [-0.4, -0.2) is 36.9 Å². The number of nitrogens with zero attached hydrogens (tertiary/aromatic N) is 1. The topological polar surface area (TPSA) is 58.6 Å². The number of para-hydroxylation sites is 2. The van der Waals surface area contributed by atoms with Gasteiger partial charge in [-0.25, -0.2) is 0 Å². The van der Waals surface area contributed by atoms with Crippen molar-refractivity contribution in [2.75, 3.05) is 25.5 Å². The third-order valence-corrected chi connectivity index (χ3v) is 3.40. The van der Waals surface area contributed by atoms with Gasteiger partial charge in [-0.15, -0.1) is 0 Å². The first-order chi connectivity index (χ1) is 9.70. The van der Waals surface area contributed by atoms with E-state index < -0.39 is 0 Å². The van der Waals surface area contributed by atoms with Crippen LogP contribution in [-0.2, 0) is 9.59 Å². The lowest BCUT2D eigenvalue weighted by atomic mass is 10.1. The number of anilines is 1. The van der Waals surface area contributed by atoms with Crippen LogP contribution >= 0.6 is 0 Å². The summed E-state index contributed by atoms with van der Waals surface area (Å²) in [7, 11) is 1.55. The summed E-state index contributed by atoms with van der Waals surface area (Å²) >= 11 is 0. The maximum atomic E-state index is 12.0. The second-order valence-electron chi connectivity index (χ2n) is 4.87. The monoisotopic (exact) mass is 276 g/mol. The normalized spacial score (nSPS) is 14.8. The molecular weight excluding hydrogens is 256 g/mol. The Morgan fingerprint density at radius 2 is 1.90 bits per heavy atom. The summed E-state index contributed by atoms with van der Waals surface area (Å²) in [6.07, 6.45) is 3.11. The van der Waals surface area contributed by atoms with Gasteiger partial charge in [-0.3, -0.25) is 9.59 Å². The third-order valence-electron chi connectivity index (χ3n) is 3.40. The molecule has 5 nitrogen and oxygen atoms in total. The minimum atomic E-state index is -0.301. The van der Waals surface area contributed by atoms with Crippen molar-refractivity contribution in [2.45, 2.75) is 25.7 Å². The van der Waals surface area contributed by atoms with Crippen molar-refractivity contribution >= 4 is 17.5 Å². The maximum Gasteiger partial charge on any atom is 0.233 e. The molecule has 1 aliphatic heterocycles. The number of carbonyl (C=O) groups is 2. The van der Waals surface area contributed by atoms with Gasteiger partial charge in [-0.1, -0.05) is 12.1 Å². The number of rotatable bonds is 4. The number of hydrogen-bond donors (Lipinski definition) is 1. The molecule has 2 rings (SSSR count). The third kappa shape index (κ3) is 3.73. The molecule has 0 aromatic heterocycles. The smallest absolute Gasteiger partial charge is 0.233 e. The molecule has 0 spiro atoms. The van der Waals surface area contributed by atoms with Crippen LogP contribution in [0.2, 0.25) is 0 Å². The molecule has 1 fully saturated rings. The quantitative estimate of drug-likeness (QED) is 0.856. The Morgan fingerprint density at radius 3 is 2.60 bits per heavy atom. The van der Waals surface area contributed by atoms with E-state index in [1.165, 1.54) is 0 Å². The first-order valence-electron chi connectivity index (χ1n) is 6.91. The average molecular weight is 276 g/mol. The number of nitrogens with one attached hydrogen (secondary N) is 1. The zero-order valence-corrected chi connectivity index (χ0v) is 11.7. The molecule has 108 valence electrons. The standard InChI is InChI=1S/C15H20N2O3/c1-20-13-8-4-3-7-12(13)16-14(18)11-15(19)17-9-5-2-6-10-17/h3-4,7-8H,2,5-6,9-11H2,1H3,(H,16,18). The summed E-state index contributed by atoms with van der Waals surface area (Å²) in [4.78, 5) is 25.7. The minimum absolute atomic E-state index is 0.0999. The van der Waals surface area contributed by atoms with Gasteiger partial charge in [0.1, 0.15) is 12.2 Å². The predicted molar refractivity (Wildman–Crippen MR) is 76.7 cm³/mol. The van der Waals surface area contributed by atoms with Gasteiger partial charge in [0.25, 0.3) is 0 Å². The maximum absolute atomic E-state index is 12.0. The largest absolute Gasteiger partial charge is 0.495 e. The molecule has 1 heterocycles. The Hall–Kier alpha value is -2.04. The van der Waals surface area contributed by atoms with Gasteiger partial charge in [0, 0.05) is 13.1 Å². The first-order valence-corrected chi connectivity index (χ1v) is 6.91. The summed E-state index contributed by atoms with van der Waals surface area (Å²) < 4.78 is 5.16. The molecule has 0 aliphatic carbocycles. The Labute approximate surface area is 118 Å². The average Bonchev–Trinajstić information content (AvgIpc) is 2.48. The fraction of sp³-hybridized carbons (Fsp3) is 0.467. The number of benzene rings is 1. The van der Waals surface area contributed by atoms with Crippen molar-refractivity contribution in [1.29, 1.82) is 0 Å². The molecule has 0 bridgehead atoms. The van der Waals surface area contributed by atoms with Crippen molar-refractivity contribution in [3.05, 3.63) is 24.3 Å². The fourth-order valence-electron chi connectivity index (χ4n) is 2.33. The number of methoxy groups -OCH3 is 1. The van der Waals surface area contributed by atoms with Gasteiger partial charge in [0.15, 0.2) is 0 Å². The molecule has 0 atom stereocenters. The fourth-order valence-corrected chi connectivity index (χ4v) is 2.33. The van der Waals surface area contributed by atoms with Crippen LogP contribution in [0.1, 0.15) is 25.7 Å². The van der Waals surface area contributed by atoms with Crippen molar-refractivity contribution < 1.29 is 14.3 Å². The van der Waals surface area contributed by atoms with E-state index >= 15 is 0 Å². The van der Waals surface area contributed by atoms with Crippen molar-refractivity contribution in [1.82, 2.24) is 4.90 Å². The van der Waals surface area contributed by atoms with Gasteiger partial charge >= 0.3 is 0 Å². The van der Waals surface area contributed by atoms with E-state index in [4.69, 9.17) is 4.74 Å². The number of carbonyl (C=O) groups excluding carboxylic acids is 2. The molecule has 0 radical (unpaired) electrons. The molecule has 1 saturated heterocycles. The van der Waals surface area contributed by atoms with E-state index in [9.17, 15) is 9.59 Å². The molecule has 0 saturated carbocycles. The number of amides is 2. The Bertz CT molecular complexity index is 482. The van der Waals surface area contributed by atoms with E-state index in [-0.39, 0.29) is 18.2 Å². The Morgan fingerprint density at radius 1 is 1.20 bits per heavy atom. The van der Waals surface area contributed by atoms with E-state index in [0.29, 0.717) is 11.4 Å². The summed E-state index contributed by atoms with van der Waals surface area (Å²) in [6.45, 7) is 1.53. The second-order valence-corrected chi connectivity index (χ2v) is 4.87. The van der Waals surface area contributed by atoms with Crippen LogP contribution in [0.25, 0.3) is 0 Å². The van der Waals surface area contributed by atoms with E-state index in [1.54, 1.807) is 24.1 Å². The molecule has 1 aromatic rings. The highest BCUT2D eigenvalue weighted by atomic mass is 16.5. The molecule has 1 N–H and O–H groups in total. The lowest BCUT2D eigenvalue weighted by Gasteiger charge is -2.26. The van der Waals surface area contributed by atoms with E-state index in [0.717, 1.165) is 32.4 Å². The van der Waals surface area contributed by atoms with Crippen LogP contribution in [0, 0.1) is 0 Å². The predicted octanol–water partition coefficient (Wildman–Crippen LogP) is 2.04. The molecule has 20 heavy (non-hydrogen) atoms. The van der Waals surface area contributed by atoms with Gasteiger partial charge in [-0.2, -0.15) is 0 Å². The van der Waals surface area contributed by atoms with Gasteiger partial charge < -0.3 is 15.0 Å². The van der Waals surface area contributed by atoms with Crippen molar-refractivity contribution in [2.24, 2.45) is 0 Å². The van der Waals surface area contributed by atoms with Crippen LogP contribution in [0.15, 0.2) is 24.3 Å². The highest BCUT2D eigenvalue weighted by Crippen LogP contribution is 2.23. The van der Waals surface area contributed by atoms with Crippen LogP contribution < -0.4 is 10.1 Å². The molecule has 1 aliphatic rings. The van der Waals surface area contributed by atoms with E-state index in [2.05, 4.69) is 5.32 Å². The first kappa shape index (κ1) is 14.4. The summed E-state index contributed by atoms with van der Waals surface area (Å²) in [6, 6.07) is 7.15. The highest BCUT2D eigenvalue weighted by Gasteiger charge is 2.19. The Balaban J connectivity index is 1.90. The number of hydrogen-bond acceptors (Lipinski definition) is 3. The molecule has 2 amide bonds. The highest BCUT2D eigenvalue weighted by molar-refractivity contribution is 6.04. The van der Waals surface area contributed by atoms with Crippen molar-refractivity contribution in [3.63, 3.8) is 0 Å².